The average molecular weight is 343 g/mol. The molecule has 128 valence electrons. The van der Waals surface area contributed by atoms with E-state index in [9.17, 15) is 4.79 Å². The molecule has 0 saturated carbocycles. The van der Waals surface area contributed by atoms with E-state index < -0.39 is 0 Å². The molecular formula is C20H17N5O. The molecule has 4 aromatic rings. The number of H-pyrrole nitrogens is 2. The summed E-state index contributed by atoms with van der Waals surface area (Å²) in [6.45, 7) is 0.702. The Morgan fingerprint density at radius 1 is 1.08 bits per heavy atom. The summed E-state index contributed by atoms with van der Waals surface area (Å²) in [7, 11) is 0. The highest BCUT2D eigenvalue weighted by Gasteiger charge is 2.19. The Hall–Kier alpha value is -3.41. The predicted molar refractivity (Wildman–Crippen MR) is 98.8 cm³/mol. The van der Waals surface area contributed by atoms with Crippen LogP contribution in [-0.4, -0.2) is 24.7 Å². The second-order valence-electron chi connectivity index (χ2n) is 6.52. The van der Waals surface area contributed by atoms with Crippen LogP contribution in [0.2, 0.25) is 0 Å². The van der Waals surface area contributed by atoms with Crippen LogP contribution < -0.4 is 5.69 Å². The second kappa shape index (κ2) is 5.84. The summed E-state index contributed by atoms with van der Waals surface area (Å²) in [6.07, 6.45) is 5.37. The smallest absolute Gasteiger partial charge is 0.331 e. The molecule has 0 atom stereocenters. The van der Waals surface area contributed by atoms with Crippen molar-refractivity contribution in [1.29, 1.82) is 0 Å². The zero-order valence-electron chi connectivity index (χ0n) is 14.1. The van der Waals surface area contributed by atoms with Crippen LogP contribution in [-0.2, 0) is 19.4 Å². The van der Waals surface area contributed by atoms with Gasteiger partial charge in [-0.1, -0.05) is 36.4 Å². The summed E-state index contributed by atoms with van der Waals surface area (Å²) in [5.74, 6) is 1.58. The van der Waals surface area contributed by atoms with E-state index in [2.05, 4.69) is 67.2 Å². The first-order chi connectivity index (χ1) is 12.8. The van der Waals surface area contributed by atoms with Crippen molar-refractivity contribution < 1.29 is 0 Å². The van der Waals surface area contributed by atoms with Gasteiger partial charge in [-0.05, 0) is 34.7 Å². The van der Waals surface area contributed by atoms with Gasteiger partial charge in [0.15, 0.2) is 0 Å². The van der Waals surface area contributed by atoms with Gasteiger partial charge in [-0.15, -0.1) is 0 Å². The molecule has 2 aromatic heterocycles. The molecule has 2 heterocycles. The van der Waals surface area contributed by atoms with Gasteiger partial charge in [0, 0.05) is 30.9 Å². The fourth-order valence-electron chi connectivity index (χ4n) is 3.68. The molecule has 1 aliphatic carbocycles. The number of nitrogens with one attached hydrogen (secondary N) is 2. The number of hydrogen-bond donors (Lipinski definition) is 2. The van der Waals surface area contributed by atoms with Crippen molar-refractivity contribution in [1.82, 2.24) is 24.7 Å². The van der Waals surface area contributed by atoms with Crippen LogP contribution in [0.5, 0.6) is 0 Å². The summed E-state index contributed by atoms with van der Waals surface area (Å²) in [5, 5.41) is 6.36. The average Bonchev–Trinajstić information content (AvgIpc) is 3.37. The minimum Gasteiger partial charge on any atom is -0.331 e. The lowest BCUT2D eigenvalue weighted by Gasteiger charge is -2.09. The van der Waals surface area contributed by atoms with E-state index in [-0.39, 0.29) is 5.69 Å². The monoisotopic (exact) mass is 343 g/mol. The molecule has 6 nitrogen and oxygen atoms in total. The zero-order valence-corrected chi connectivity index (χ0v) is 14.1. The first-order valence-electron chi connectivity index (χ1n) is 8.64. The van der Waals surface area contributed by atoms with Crippen LogP contribution >= 0.6 is 0 Å². The topological polar surface area (TPSA) is 79.4 Å². The number of aryl methyl sites for hydroxylation is 2. The molecule has 0 fully saturated rings. The Morgan fingerprint density at radius 2 is 1.96 bits per heavy atom. The number of nitrogens with zero attached hydrogens (tertiary/aromatic N) is 3. The van der Waals surface area contributed by atoms with Gasteiger partial charge in [0.1, 0.15) is 11.6 Å². The lowest BCUT2D eigenvalue weighted by molar-refractivity contribution is 0.679. The summed E-state index contributed by atoms with van der Waals surface area (Å²) < 4.78 is 2.09. The van der Waals surface area contributed by atoms with Gasteiger partial charge in [-0.3, -0.25) is 4.98 Å². The lowest BCUT2D eigenvalue weighted by Crippen LogP contribution is -2.05. The van der Waals surface area contributed by atoms with Crippen molar-refractivity contribution in [2.24, 2.45) is 0 Å². The molecule has 0 unspecified atom stereocenters. The van der Waals surface area contributed by atoms with Gasteiger partial charge in [-0.2, -0.15) is 5.10 Å². The molecule has 6 heteroatoms. The van der Waals surface area contributed by atoms with Crippen LogP contribution in [0, 0.1) is 0 Å². The van der Waals surface area contributed by atoms with Crippen molar-refractivity contribution in [3.8, 4) is 22.5 Å². The normalized spacial score (nSPS) is 12.2. The number of fused-ring (bicyclic) bond motifs is 3. The Bertz CT molecular complexity index is 1150. The maximum Gasteiger partial charge on any atom is 0.340 e. The molecule has 0 radical (unpaired) electrons. The zero-order chi connectivity index (χ0) is 17.5. The molecule has 2 N–H and O–H groups in total. The van der Waals surface area contributed by atoms with Crippen LogP contribution in [0.1, 0.15) is 17.0 Å². The fourth-order valence-corrected chi connectivity index (χ4v) is 3.68. The SMILES string of the molecule is O=c1[nH]nc(CCn2ccnc2-c2ccc3c(c2)Cc2ccccc2-3)[nH]1. The maximum absolute atomic E-state index is 11.1. The molecule has 0 spiro atoms. The van der Waals surface area contributed by atoms with Crippen molar-refractivity contribution in [3.63, 3.8) is 0 Å². The van der Waals surface area contributed by atoms with Gasteiger partial charge in [0.25, 0.3) is 0 Å². The lowest BCUT2D eigenvalue weighted by atomic mass is 10.0. The molecule has 0 amide bonds. The molecule has 2 aromatic carbocycles. The van der Waals surface area contributed by atoms with Crippen LogP contribution in [0.4, 0.5) is 0 Å². The first-order valence-corrected chi connectivity index (χ1v) is 8.64. The number of benzene rings is 2. The molecular weight excluding hydrogens is 326 g/mol. The van der Waals surface area contributed by atoms with Crippen molar-refractivity contribution in [2.45, 2.75) is 19.4 Å². The van der Waals surface area contributed by atoms with E-state index in [0.717, 1.165) is 17.8 Å². The summed E-state index contributed by atoms with van der Waals surface area (Å²) >= 11 is 0. The van der Waals surface area contributed by atoms with E-state index in [1.54, 1.807) is 0 Å². The molecule has 5 rings (SSSR count). The third-order valence-corrected chi connectivity index (χ3v) is 4.91. The Labute approximate surface area is 149 Å². The molecule has 0 aliphatic heterocycles. The standard InChI is InChI=1S/C20H17N5O/c26-20-22-18(23-24-20)7-9-25-10-8-21-19(25)14-5-6-17-15(12-14)11-13-3-1-2-4-16(13)17/h1-6,8,10,12H,7,9,11H2,(H2,22,23,24,26). The number of rotatable bonds is 4. The van der Waals surface area contributed by atoms with Crippen LogP contribution in [0.25, 0.3) is 22.5 Å². The van der Waals surface area contributed by atoms with E-state index >= 15 is 0 Å². The largest absolute Gasteiger partial charge is 0.340 e. The van der Waals surface area contributed by atoms with Crippen molar-refractivity contribution >= 4 is 0 Å². The highest BCUT2D eigenvalue weighted by Crippen LogP contribution is 2.38. The van der Waals surface area contributed by atoms with Gasteiger partial charge in [-0.25, -0.2) is 14.9 Å². The van der Waals surface area contributed by atoms with E-state index in [0.29, 0.717) is 18.8 Å². The summed E-state index contributed by atoms with van der Waals surface area (Å²) in [5.41, 5.74) is 6.21. The van der Waals surface area contributed by atoms with Gasteiger partial charge >= 0.3 is 5.69 Å². The van der Waals surface area contributed by atoms with E-state index in [1.165, 1.54) is 22.3 Å². The Morgan fingerprint density at radius 3 is 2.85 bits per heavy atom. The van der Waals surface area contributed by atoms with Crippen molar-refractivity contribution in [3.05, 3.63) is 82.3 Å². The van der Waals surface area contributed by atoms with Gasteiger partial charge < -0.3 is 4.57 Å². The molecule has 1 aliphatic rings. The summed E-state index contributed by atoms with van der Waals surface area (Å²) in [6, 6.07) is 15.1. The van der Waals surface area contributed by atoms with Crippen LogP contribution in [0.3, 0.4) is 0 Å². The Balaban J connectivity index is 1.44. The van der Waals surface area contributed by atoms with Crippen molar-refractivity contribution in [2.75, 3.05) is 0 Å². The van der Waals surface area contributed by atoms with E-state index in [1.807, 2.05) is 12.4 Å². The van der Waals surface area contributed by atoms with Gasteiger partial charge in [0.05, 0.1) is 0 Å². The highest BCUT2D eigenvalue weighted by atomic mass is 16.1. The minimum atomic E-state index is -0.274. The van der Waals surface area contributed by atoms with E-state index in [4.69, 9.17) is 0 Å². The highest BCUT2D eigenvalue weighted by molar-refractivity contribution is 5.79. The molecule has 26 heavy (non-hydrogen) atoms. The fraction of sp³-hybridized carbons (Fsp3) is 0.150. The number of aromatic amines is 2. The number of aromatic nitrogens is 5. The second-order valence-corrected chi connectivity index (χ2v) is 6.52. The third kappa shape index (κ3) is 2.47. The molecule has 0 saturated heterocycles. The maximum atomic E-state index is 11.1. The quantitative estimate of drug-likeness (QED) is 0.527. The van der Waals surface area contributed by atoms with Crippen LogP contribution in [0.15, 0.2) is 59.7 Å². The number of imidazole rings is 1. The predicted octanol–water partition coefficient (Wildman–Crippen LogP) is 2.78. The number of hydrogen-bond acceptors (Lipinski definition) is 3. The minimum absolute atomic E-state index is 0.274. The van der Waals surface area contributed by atoms with Gasteiger partial charge in [0.2, 0.25) is 0 Å². The molecule has 0 bridgehead atoms. The third-order valence-electron chi connectivity index (χ3n) is 4.91. The Kier molecular flexibility index (Phi) is 3.35. The summed E-state index contributed by atoms with van der Waals surface area (Å²) in [4.78, 5) is 18.4. The first kappa shape index (κ1) is 14.9.